The van der Waals surface area contributed by atoms with Crippen molar-refractivity contribution < 1.29 is 14.2 Å². The van der Waals surface area contributed by atoms with Gasteiger partial charge in [-0.3, -0.25) is 5.32 Å². The number of amides is 1. The second-order valence-electron chi connectivity index (χ2n) is 3.73. The Morgan fingerprint density at radius 2 is 2.33 bits per heavy atom. The van der Waals surface area contributed by atoms with Crippen LogP contribution in [0.25, 0.3) is 0 Å². The molecule has 1 rings (SSSR count). The molecule has 0 saturated heterocycles. The number of hydrogen-bond donors (Lipinski definition) is 1. The van der Waals surface area contributed by atoms with Crippen LogP contribution in [0.2, 0.25) is 0 Å². The third-order valence-corrected chi connectivity index (χ3v) is 2.74. The zero-order chi connectivity index (χ0) is 11.4. The molecular formula is C9H16N3O2S+. The fourth-order valence-corrected chi connectivity index (χ4v) is 1.58. The van der Waals surface area contributed by atoms with Crippen molar-refractivity contribution >= 4 is 22.6 Å². The molecule has 5 nitrogen and oxygen atoms in total. The summed E-state index contributed by atoms with van der Waals surface area (Å²) in [6.45, 7) is 6.30. The molecule has 0 atom stereocenters. The SMILES string of the molecule is Cc1c(NC(=O)OCC(C)C)sn[n+]1C. The predicted molar refractivity (Wildman–Crippen MR) is 57.8 cm³/mol. The molecule has 0 aliphatic heterocycles. The Morgan fingerprint density at radius 1 is 1.67 bits per heavy atom. The van der Waals surface area contributed by atoms with Crippen LogP contribution in [0.1, 0.15) is 19.5 Å². The molecular weight excluding hydrogens is 214 g/mol. The largest absolute Gasteiger partial charge is 0.449 e. The summed E-state index contributed by atoms with van der Waals surface area (Å²) in [6.07, 6.45) is -0.420. The van der Waals surface area contributed by atoms with E-state index in [1.165, 1.54) is 11.5 Å². The summed E-state index contributed by atoms with van der Waals surface area (Å²) >= 11 is 1.24. The quantitative estimate of drug-likeness (QED) is 0.800. The van der Waals surface area contributed by atoms with Crippen LogP contribution in [0.15, 0.2) is 0 Å². The van der Waals surface area contributed by atoms with Crippen molar-refractivity contribution in [1.29, 1.82) is 0 Å². The molecule has 0 aliphatic rings. The molecule has 0 bridgehead atoms. The Hall–Kier alpha value is -1.17. The van der Waals surface area contributed by atoms with Gasteiger partial charge >= 0.3 is 6.09 Å². The summed E-state index contributed by atoms with van der Waals surface area (Å²) in [4.78, 5) is 11.3. The molecule has 6 heteroatoms. The van der Waals surface area contributed by atoms with Crippen molar-refractivity contribution in [3.8, 4) is 0 Å². The van der Waals surface area contributed by atoms with Crippen molar-refractivity contribution in [3.05, 3.63) is 5.69 Å². The summed E-state index contributed by atoms with van der Waals surface area (Å²) < 4.78 is 10.8. The number of carbonyl (C=O) groups excluding carboxylic acids is 1. The summed E-state index contributed by atoms with van der Waals surface area (Å²) in [7, 11) is 1.83. The molecule has 0 aliphatic carbocycles. The lowest BCUT2D eigenvalue weighted by molar-refractivity contribution is -0.728. The van der Waals surface area contributed by atoms with Crippen molar-refractivity contribution in [1.82, 2.24) is 4.49 Å². The Balaban J connectivity index is 2.48. The molecule has 1 amide bonds. The van der Waals surface area contributed by atoms with Crippen LogP contribution < -0.4 is 10.00 Å². The van der Waals surface area contributed by atoms with E-state index in [1.807, 2.05) is 27.8 Å². The highest BCUT2D eigenvalue weighted by molar-refractivity contribution is 7.10. The minimum Gasteiger partial charge on any atom is -0.449 e. The van der Waals surface area contributed by atoms with Gasteiger partial charge in [-0.1, -0.05) is 18.5 Å². The molecule has 0 fully saturated rings. The highest BCUT2D eigenvalue weighted by Crippen LogP contribution is 2.14. The van der Waals surface area contributed by atoms with E-state index in [4.69, 9.17) is 4.74 Å². The highest BCUT2D eigenvalue weighted by atomic mass is 32.1. The third-order valence-electron chi connectivity index (χ3n) is 1.83. The molecule has 1 heterocycles. The van der Waals surface area contributed by atoms with E-state index in [-0.39, 0.29) is 0 Å². The lowest BCUT2D eigenvalue weighted by Crippen LogP contribution is -2.32. The fourth-order valence-electron chi connectivity index (χ4n) is 0.861. The second-order valence-corrected chi connectivity index (χ2v) is 4.48. The number of nitrogens with zero attached hydrogens (tertiary/aromatic N) is 2. The van der Waals surface area contributed by atoms with E-state index in [2.05, 4.69) is 9.81 Å². The van der Waals surface area contributed by atoms with E-state index in [9.17, 15) is 4.79 Å². The predicted octanol–water partition coefficient (Wildman–Crippen LogP) is 1.48. The number of ether oxygens (including phenoxy) is 1. The minimum absolute atomic E-state index is 0.342. The molecule has 1 aromatic rings. The van der Waals surface area contributed by atoms with Gasteiger partial charge in [0.25, 0.3) is 0 Å². The van der Waals surface area contributed by atoms with Crippen LogP contribution in [0.4, 0.5) is 9.80 Å². The number of rotatable bonds is 3. The lowest BCUT2D eigenvalue weighted by atomic mass is 10.2. The van der Waals surface area contributed by atoms with Crippen molar-refractivity contribution in [2.45, 2.75) is 20.8 Å². The number of nitrogens with one attached hydrogen (secondary N) is 1. The van der Waals surface area contributed by atoms with Crippen molar-refractivity contribution in [3.63, 3.8) is 0 Å². The van der Waals surface area contributed by atoms with Crippen molar-refractivity contribution in [2.75, 3.05) is 11.9 Å². The Kier molecular flexibility index (Phi) is 4.02. The van der Waals surface area contributed by atoms with E-state index >= 15 is 0 Å². The first kappa shape index (κ1) is 11.9. The van der Waals surface area contributed by atoms with Crippen LogP contribution in [0.3, 0.4) is 0 Å². The number of hydrogen-bond acceptors (Lipinski definition) is 4. The van der Waals surface area contributed by atoms with Crippen LogP contribution in [-0.2, 0) is 11.8 Å². The van der Waals surface area contributed by atoms with Gasteiger partial charge in [-0.2, -0.15) is 0 Å². The number of anilines is 1. The van der Waals surface area contributed by atoms with E-state index in [1.54, 1.807) is 4.68 Å². The molecule has 0 saturated carbocycles. The third kappa shape index (κ3) is 3.47. The molecule has 0 unspecified atom stereocenters. The van der Waals surface area contributed by atoms with Gasteiger partial charge in [0, 0.05) is 6.92 Å². The number of aryl methyl sites for hydroxylation is 1. The first-order valence-corrected chi connectivity index (χ1v) is 5.54. The van der Waals surface area contributed by atoms with Gasteiger partial charge in [0.05, 0.1) is 22.6 Å². The minimum atomic E-state index is -0.420. The van der Waals surface area contributed by atoms with E-state index in [0.717, 1.165) is 10.7 Å². The number of carbonyl (C=O) groups is 1. The molecule has 84 valence electrons. The molecule has 0 spiro atoms. The summed E-state index contributed by atoms with van der Waals surface area (Å²) in [6, 6.07) is 0. The lowest BCUT2D eigenvalue weighted by Gasteiger charge is -2.06. The highest BCUT2D eigenvalue weighted by Gasteiger charge is 2.16. The average Bonchev–Trinajstić information content (AvgIpc) is 2.47. The Labute approximate surface area is 93.2 Å². The zero-order valence-corrected chi connectivity index (χ0v) is 10.2. The molecule has 1 N–H and O–H groups in total. The first-order valence-electron chi connectivity index (χ1n) is 4.77. The maximum atomic E-state index is 11.3. The first-order chi connectivity index (χ1) is 7.00. The van der Waals surface area contributed by atoms with Crippen LogP contribution in [0.5, 0.6) is 0 Å². The maximum Gasteiger partial charge on any atom is 0.412 e. The number of aromatic nitrogens is 2. The van der Waals surface area contributed by atoms with Gasteiger partial charge in [0.15, 0.2) is 12.0 Å². The van der Waals surface area contributed by atoms with E-state index in [0.29, 0.717) is 12.5 Å². The van der Waals surface area contributed by atoms with Gasteiger partial charge < -0.3 is 4.74 Å². The monoisotopic (exact) mass is 230 g/mol. The van der Waals surface area contributed by atoms with Crippen LogP contribution >= 0.6 is 11.5 Å². The second kappa shape index (κ2) is 5.06. The molecule has 1 aromatic heterocycles. The Bertz CT molecular complexity index is 349. The molecule has 0 aromatic carbocycles. The van der Waals surface area contributed by atoms with Gasteiger partial charge in [-0.15, -0.1) is 0 Å². The standard InChI is InChI=1S/C9H15N3O2S/c1-6(2)5-14-9(13)10-8-7(3)12(4)11-15-8/h6H,5H2,1-4H3/p+1. The van der Waals surface area contributed by atoms with Gasteiger partial charge in [-0.25, -0.2) is 4.79 Å². The fraction of sp³-hybridized carbons (Fsp3) is 0.667. The summed E-state index contributed by atoms with van der Waals surface area (Å²) in [5.41, 5.74) is 0.918. The van der Waals surface area contributed by atoms with Gasteiger partial charge in [0.2, 0.25) is 5.69 Å². The molecule has 0 radical (unpaired) electrons. The summed E-state index contributed by atoms with van der Waals surface area (Å²) in [5, 5.41) is 3.39. The zero-order valence-electron chi connectivity index (χ0n) is 9.40. The molecule has 15 heavy (non-hydrogen) atoms. The smallest absolute Gasteiger partial charge is 0.412 e. The van der Waals surface area contributed by atoms with Crippen LogP contribution in [-0.4, -0.2) is 17.2 Å². The Morgan fingerprint density at radius 3 is 2.80 bits per heavy atom. The van der Waals surface area contributed by atoms with Gasteiger partial charge in [0.1, 0.15) is 0 Å². The maximum absolute atomic E-state index is 11.3. The van der Waals surface area contributed by atoms with Gasteiger partial charge in [-0.05, 0) is 5.92 Å². The van der Waals surface area contributed by atoms with E-state index < -0.39 is 6.09 Å². The normalized spacial score (nSPS) is 10.5. The topological polar surface area (TPSA) is 55.1 Å². The van der Waals surface area contributed by atoms with Crippen molar-refractivity contribution in [2.24, 2.45) is 13.0 Å². The summed E-state index contributed by atoms with van der Waals surface area (Å²) in [5.74, 6) is 0.342. The van der Waals surface area contributed by atoms with Crippen LogP contribution in [0, 0.1) is 12.8 Å². The average molecular weight is 230 g/mol.